The standard InChI is InChI=1S/C19H22ClN3O3S/c1-22(15-8-4-2-5-9-15)21-19(24)17-14-16(10-11-18(17)20)27(25,26)23-12-6-3-7-13-23/h2,4-5,8-11,14H,3,6-7,12-13H2,1H3,(H,21,24). The molecule has 6 nitrogen and oxygen atoms in total. The summed E-state index contributed by atoms with van der Waals surface area (Å²) >= 11 is 6.17. The largest absolute Gasteiger partial charge is 0.288 e. The molecule has 1 aliphatic rings. The number of nitrogens with one attached hydrogen (secondary N) is 1. The lowest BCUT2D eigenvalue weighted by Crippen LogP contribution is -2.39. The van der Waals surface area contributed by atoms with Crippen LogP contribution in [-0.2, 0) is 10.0 Å². The summed E-state index contributed by atoms with van der Waals surface area (Å²) in [6, 6.07) is 13.5. The van der Waals surface area contributed by atoms with Gasteiger partial charge >= 0.3 is 0 Å². The van der Waals surface area contributed by atoms with Crippen molar-refractivity contribution in [3.8, 4) is 0 Å². The molecule has 1 aliphatic heterocycles. The van der Waals surface area contributed by atoms with Gasteiger partial charge in [0.25, 0.3) is 5.91 Å². The van der Waals surface area contributed by atoms with Gasteiger partial charge in [-0.25, -0.2) is 8.42 Å². The zero-order valence-electron chi connectivity index (χ0n) is 15.1. The van der Waals surface area contributed by atoms with Crippen LogP contribution in [0.2, 0.25) is 5.02 Å². The van der Waals surface area contributed by atoms with Crippen molar-refractivity contribution in [1.82, 2.24) is 9.73 Å². The van der Waals surface area contributed by atoms with E-state index in [9.17, 15) is 13.2 Å². The highest BCUT2D eigenvalue weighted by atomic mass is 35.5. The minimum Gasteiger partial charge on any atom is -0.288 e. The molecule has 8 heteroatoms. The first kappa shape index (κ1) is 19.7. The first-order valence-corrected chi connectivity index (χ1v) is 10.6. The van der Waals surface area contributed by atoms with E-state index in [1.54, 1.807) is 12.1 Å². The Labute approximate surface area is 164 Å². The molecule has 144 valence electrons. The minimum absolute atomic E-state index is 0.0846. The van der Waals surface area contributed by atoms with Crippen LogP contribution in [0.15, 0.2) is 53.4 Å². The molecule has 0 atom stereocenters. The molecular formula is C19H22ClN3O3S. The maximum atomic E-state index is 12.9. The minimum atomic E-state index is -3.63. The van der Waals surface area contributed by atoms with Crippen LogP contribution in [-0.4, -0.2) is 38.8 Å². The summed E-state index contributed by atoms with van der Waals surface area (Å²) < 4.78 is 27.2. The van der Waals surface area contributed by atoms with E-state index < -0.39 is 15.9 Å². The third-order valence-corrected chi connectivity index (χ3v) is 6.77. The van der Waals surface area contributed by atoms with E-state index >= 15 is 0 Å². The Morgan fingerprint density at radius 3 is 2.41 bits per heavy atom. The highest BCUT2D eigenvalue weighted by molar-refractivity contribution is 7.89. The average Bonchev–Trinajstić information content (AvgIpc) is 2.69. The van der Waals surface area contributed by atoms with E-state index in [-0.39, 0.29) is 15.5 Å². The fraction of sp³-hybridized carbons (Fsp3) is 0.316. The SMILES string of the molecule is CN(NC(=O)c1cc(S(=O)(=O)N2CCCCC2)ccc1Cl)c1ccccc1. The maximum Gasteiger partial charge on any atom is 0.271 e. The average molecular weight is 408 g/mol. The molecule has 0 spiro atoms. The van der Waals surface area contributed by atoms with Crippen LogP contribution in [0, 0.1) is 0 Å². The van der Waals surface area contributed by atoms with Crippen molar-refractivity contribution in [1.29, 1.82) is 0 Å². The third kappa shape index (κ3) is 4.43. The summed E-state index contributed by atoms with van der Waals surface area (Å²) in [5.74, 6) is -0.470. The molecule has 1 heterocycles. The van der Waals surface area contributed by atoms with Gasteiger partial charge < -0.3 is 0 Å². The molecule has 1 fully saturated rings. The number of hydrogen-bond acceptors (Lipinski definition) is 4. The lowest BCUT2D eigenvalue weighted by atomic mass is 10.2. The molecule has 0 radical (unpaired) electrons. The molecule has 0 unspecified atom stereocenters. The Bertz CT molecular complexity index is 913. The zero-order chi connectivity index (χ0) is 19.4. The van der Waals surface area contributed by atoms with Gasteiger partial charge in [0.15, 0.2) is 0 Å². The fourth-order valence-electron chi connectivity index (χ4n) is 3.02. The Morgan fingerprint density at radius 1 is 1.07 bits per heavy atom. The zero-order valence-corrected chi connectivity index (χ0v) is 16.6. The predicted molar refractivity (Wildman–Crippen MR) is 106 cm³/mol. The van der Waals surface area contributed by atoms with E-state index in [1.807, 2.05) is 30.3 Å². The summed E-state index contributed by atoms with van der Waals surface area (Å²) in [6.45, 7) is 1.01. The van der Waals surface area contributed by atoms with Gasteiger partial charge in [-0.2, -0.15) is 4.31 Å². The smallest absolute Gasteiger partial charge is 0.271 e. The molecule has 0 saturated carbocycles. The molecule has 2 aromatic rings. The number of hydrazine groups is 1. The number of amides is 1. The van der Waals surface area contributed by atoms with Gasteiger partial charge in [0.05, 0.1) is 21.2 Å². The molecule has 3 rings (SSSR count). The number of nitrogens with zero attached hydrogens (tertiary/aromatic N) is 2. The molecule has 2 aromatic carbocycles. The number of halogens is 1. The second kappa shape index (κ2) is 8.29. The molecule has 1 N–H and O–H groups in total. The number of hydrogen-bond donors (Lipinski definition) is 1. The number of sulfonamides is 1. The predicted octanol–water partition coefficient (Wildman–Crippen LogP) is 3.30. The fourth-order valence-corrected chi connectivity index (χ4v) is 4.77. The lowest BCUT2D eigenvalue weighted by Gasteiger charge is -2.26. The van der Waals surface area contributed by atoms with Crippen LogP contribution in [0.4, 0.5) is 5.69 Å². The Balaban J connectivity index is 1.83. The summed E-state index contributed by atoms with van der Waals surface area (Å²) in [6.07, 6.45) is 2.73. The van der Waals surface area contributed by atoms with Gasteiger partial charge in [-0.3, -0.25) is 15.2 Å². The summed E-state index contributed by atoms with van der Waals surface area (Å²) in [5, 5.41) is 1.76. The number of para-hydroxylation sites is 1. The van der Waals surface area contributed by atoms with Crippen molar-refractivity contribution < 1.29 is 13.2 Å². The number of anilines is 1. The van der Waals surface area contributed by atoms with Crippen LogP contribution in [0.5, 0.6) is 0 Å². The Morgan fingerprint density at radius 2 is 1.74 bits per heavy atom. The van der Waals surface area contributed by atoms with Crippen molar-refractivity contribution in [2.24, 2.45) is 0 Å². The van der Waals surface area contributed by atoms with Crippen LogP contribution >= 0.6 is 11.6 Å². The van der Waals surface area contributed by atoms with Gasteiger partial charge in [-0.1, -0.05) is 36.2 Å². The first-order valence-electron chi connectivity index (χ1n) is 8.79. The highest BCUT2D eigenvalue weighted by Crippen LogP contribution is 2.25. The van der Waals surface area contributed by atoms with E-state index in [0.29, 0.717) is 13.1 Å². The third-order valence-electron chi connectivity index (χ3n) is 4.55. The van der Waals surface area contributed by atoms with Crippen molar-refractivity contribution in [3.63, 3.8) is 0 Å². The normalized spacial score (nSPS) is 15.3. The molecule has 27 heavy (non-hydrogen) atoms. The monoisotopic (exact) mass is 407 g/mol. The number of carbonyl (C=O) groups is 1. The van der Waals surface area contributed by atoms with Crippen molar-refractivity contribution in [2.45, 2.75) is 24.2 Å². The molecule has 0 aliphatic carbocycles. The van der Waals surface area contributed by atoms with Crippen LogP contribution < -0.4 is 10.4 Å². The Hall–Kier alpha value is -2.09. The molecule has 1 saturated heterocycles. The van der Waals surface area contributed by atoms with Gasteiger partial charge in [-0.15, -0.1) is 0 Å². The van der Waals surface area contributed by atoms with E-state index in [0.717, 1.165) is 24.9 Å². The van der Waals surface area contributed by atoms with E-state index in [4.69, 9.17) is 11.6 Å². The van der Waals surface area contributed by atoms with Crippen LogP contribution in [0.1, 0.15) is 29.6 Å². The van der Waals surface area contributed by atoms with Gasteiger partial charge in [0, 0.05) is 20.1 Å². The molecular weight excluding hydrogens is 386 g/mol. The maximum absolute atomic E-state index is 12.9. The van der Waals surface area contributed by atoms with E-state index in [1.165, 1.54) is 22.5 Å². The topological polar surface area (TPSA) is 69.7 Å². The highest BCUT2D eigenvalue weighted by Gasteiger charge is 2.27. The Kier molecular flexibility index (Phi) is 6.04. The van der Waals surface area contributed by atoms with Gasteiger partial charge in [-0.05, 0) is 43.2 Å². The number of piperidine rings is 1. The second-order valence-corrected chi connectivity index (χ2v) is 8.79. The van der Waals surface area contributed by atoms with Crippen molar-refractivity contribution >= 4 is 33.2 Å². The lowest BCUT2D eigenvalue weighted by molar-refractivity contribution is 0.0951. The van der Waals surface area contributed by atoms with Crippen molar-refractivity contribution in [2.75, 3.05) is 25.1 Å². The number of carbonyl (C=O) groups excluding carboxylic acids is 1. The van der Waals surface area contributed by atoms with Gasteiger partial charge in [0.1, 0.15) is 0 Å². The van der Waals surface area contributed by atoms with Crippen LogP contribution in [0.25, 0.3) is 0 Å². The van der Waals surface area contributed by atoms with E-state index in [2.05, 4.69) is 5.43 Å². The number of rotatable bonds is 5. The first-order chi connectivity index (χ1) is 12.9. The molecule has 0 bridgehead atoms. The van der Waals surface area contributed by atoms with Gasteiger partial charge in [0.2, 0.25) is 10.0 Å². The second-order valence-electron chi connectivity index (χ2n) is 6.44. The summed E-state index contributed by atoms with van der Waals surface area (Å²) in [4.78, 5) is 12.7. The quantitative estimate of drug-likeness (QED) is 0.772. The molecule has 1 amide bonds. The summed E-state index contributed by atoms with van der Waals surface area (Å²) in [5.41, 5.74) is 3.63. The summed E-state index contributed by atoms with van der Waals surface area (Å²) in [7, 11) is -1.93. The van der Waals surface area contributed by atoms with Crippen LogP contribution in [0.3, 0.4) is 0 Å². The number of benzene rings is 2. The molecule has 0 aromatic heterocycles. The van der Waals surface area contributed by atoms with Crippen molar-refractivity contribution in [3.05, 3.63) is 59.1 Å².